The zero-order valence-electron chi connectivity index (χ0n) is 8.55. The van der Waals surface area contributed by atoms with Crippen LogP contribution >= 0.6 is 22.5 Å². The summed E-state index contributed by atoms with van der Waals surface area (Å²) in [7, 11) is 1.39. The van der Waals surface area contributed by atoms with E-state index in [4.69, 9.17) is 11.5 Å². The molecule has 2 nitrogen and oxygen atoms in total. The van der Waals surface area contributed by atoms with Gasteiger partial charge in [-0.3, -0.25) is 0 Å². The molecule has 0 unspecified atom stereocenters. The van der Waals surface area contributed by atoms with Crippen molar-refractivity contribution in [3.8, 4) is 11.1 Å². The molecule has 0 bridgehead atoms. The smallest absolute Gasteiger partial charge is 0.0325 e. The van der Waals surface area contributed by atoms with Crippen LogP contribution in [0.15, 0.2) is 47.4 Å². The van der Waals surface area contributed by atoms with Crippen LogP contribution in [0.3, 0.4) is 0 Å². The van der Waals surface area contributed by atoms with Crippen LogP contribution in [0.1, 0.15) is 0 Å². The van der Waals surface area contributed by atoms with Gasteiger partial charge in [0, 0.05) is 16.3 Å². The van der Waals surface area contributed by atoms with Crippen molar-refractivity contribution in [1.29, 1.82) is 0 Å². The summed E-state index contributed by atoms with van der Waals surface area (Å²) in [5.41, 5.74) is 15.1. The number of thiol groups is 1. The highest BCUT2D eigenvalue weighted by Crippen LogP contribution is 2.34. The number of nitrogen functional groups attached to an aromatic ring is 2. The molecule has 2 aromatic rings. The van der Waals surface area contributed by atoms with E-state index in [0.717, 1.165) is 27.4 Å². The number of hydrogen-bond acceptors (Lipinski definition) is 4. The van der Waals surface area contributed by atoms with E-state index < -0.39 is 0 Å². The van der Waals surface area contributed by atoms with Crippen molar-refractivity contribution in [2.45, 2.75) is 4.90 Å². The van der Waals surface area contributed by atoms with E-state index >= 15 is 0 Å². The highest BCUT2D eigenvalue weighted by molar-refractivity contribution is 8.68. The maximum Gasteiger partial charge on any atom is 0.0325 e. The Kier molecular flexibility index (Phi) is 3.31. The monoisotopic (exact) mass is 248 g/mol. The van der Waals surface area contributed by atoms with Gasteiger partial charge in [-0.15, -0.1) is 11.7 Å². The van der Waals surface area contributed by atoms with Gasteiger partial charge in [0.15, 0.2) is 0 Å². The van der Waals surface area contributed by atoms with E-state index in [1.54, 1.807) is 0 Å². The quantitative estimate of drug-likeness (QED) is 0.433. The molecule has 0 saturated carbocycles. The molecule has 82 valence electrons. The van der Waals surface area contributed by atoms with Gasteiger partial charge in [0.2, 0.25) is 0 Å². The fraction of sp³-hybridized carbons (Fsp3) is 0. The second-order valence-electron chi connectivity index (χ2n) is 3.47. The molecule has 0 fully saturated rings. The van der Waals surface area contributed by atoms with Gasteiger partial charge in [0.25, 0.3) is 0 Å². The first-order valence-corrected chi connectivity index (χ1v) is 6.64. The van der Waals surface area contributed by atoms with Crippen LogP contribution in [-0.4, -0.2) is 0 Å². The van der Waals surface area contributed by atoms with Gasteiger partial charge in [-0.05, 0) is 35.4 Å². The molecular formula is C12H12N2S2. The Labute approximate surface area is 104 Å². The van der Waals surface area contributed by atoms with E-state index in [-0.39, 0.29) is 0 Å². The minimum Gasteiger partial charge on any atom is -0.399 e. The van der Waals surface area contributed by atoms with E-state index in [0.29, 0.717) is 0 Å². The summed E-state index contributed by atoms with van der Waals surface area (Å²) in [5.74, 6) is 0. The maximum absolute atomic E-state index is 5.74. The fourth-order valence-corrected chi connectivity index (χ4v) is 2.44. The van der Waals surface area contributed by atoms with Crippen LogP contribution < -0.4 is 11.5 Å². The van der Waals surface area contributed by atoms with Crippen molar-refractivity contribution in [3.05, 3.63) is 42.5 Å². The van der Waals surface area contributed by atoms with Crippen LogP contribution in [0.4, 0.5) is 11.4 Å². The number of hydrogen-bond donors (Lipinski definition) is 3. The van der Waals surface area contributed by atoms with Crippen molar-refractivity contribution in [2.24, 2.45) is 0 Å². The molecule has 0 heterocycles. The van der Waals surface area contributed by atoms with Gasteiger partial charge in [-0.25, -0.2) is 0 Å². The molecule has 2 rings (SSSR count). The molecule has 16 heavy (non-hydrogen) atoms. The molecule has 0 aliphatic heterocycles. The molecule has 0 aliphatic carbocycles. The lowest BCUT2D eigenvalue weighted by molar-refractivity contribution is 1.45. The molecular weight excluding hydrogens is 236 g/mol. The van der Waals surface area contributed by atoms with Crippen molar-refractivity contribution in [3.63, 3.8) is 0 Å². The molecule has 0 aliphatic rings. The Bertz CT molecular complexity index is 495. The zero-order chi connectivity index (χ0) is 11.5. The minimum atomic E-state index is 0.746. The third-order valence-corrected chi connectivity index (χ3v) is 3.45. The predicted octanol–water partition coefficient (Wildman–Crippen LogP) is 3.45. The van der Waals surface area contributed by atoms with Gasteiger partial charge in [-0.1, -0.05) is 29.0 Å². The first-order valence-electron chi connectivity index (χ1n) is 4.77. The summed E-state index contributed by atoms with van der Waals surface area (Å²) in [6.07, 6.45) is 0. The van der Waals surface area contributed by atoms with Crippen molar-refractivity contribution < 1.29 is 0 Å². The normalized spacial score (nSPS) is 10.3. The Balaban J connectivity index is 2.51. The molecule has 0 radical (unpaired) electrons. The first kappa shape index (κ1) is 11.2. The zero-order valence-corrected chi connectivity index (χ0v) is 10.3. The molecule has 0 spiro atoms. The average molecular weight is 248 g/mol. The highest BCUT2D eigenvalue weighted by Gasteiger charge is 2.04. The molecule has 0 saturated heterocycles. The number of anilines is 2. The van der Waals surface area contributed by atoms with Gasteiger partial charge in [0.05, 0.1) is 0 Å². The third kappa shape index (κ3) is 2.28. The summed E-state index contributed by atoms with van der Waals surface area (Å²) in [4.78, 5) is 1.05. The Morgan fingerprint density at radius 3 is 2.12 bits per heavy atom. The fourth-order valence-electron chi connectivity index (χ4n) is 1.52. The van der Waals surface area contributed by atoms with E-state index in [9.17, 15) is 0 Å². The Morgan fingerprint density at radius 1 is 0.875 bits per heavy atom. The summed E-state index contributed by atoms with van der Waals surface area (Å²) in [6, 6.07) is 13.6. The average Bonchev–Trinajstić information content (AvgIpc) is 2.30. The van der Waals surface area contributed by atoms with E-state index in [1.165, 1.54) is 10.8 Å². The van der Waals surface area contributed by atoms with Crippen LogP contribution in [0, 0.1) is 0 Å². The second-order valence-corrected chi connectivity index (χ2v) is 4.64. The Hall–Kier alpha value is -1.26. The van der Waals surface area contributed by atoms with Gasteiger partial charge in [0.1, 0.15) is 0 Å². The standard InChI is InChI=1S/C12H12N2S2/c13-9-3-1-8(2-4-9)11-6-5-10(14)7-12(11)16-15/h1-7,15H,13-14H2. The largest absolute Gasteiger partial charge is 0.399 e. The highest BCUT2D eigenvalue weighted by atomic mass is 33.1. The summed E-state index contributed by atoms with van der Waals surface area (Å²) < 4.78 is 0. The van der Waals surface area contributed by atoms with Crippen LogP contribution in [0.25, 0.3) is 11.1 Å². The first-order chi connectivity index (χ1) is 7.70. The van der Waals surface area contributed by atoms with Gasteiger partial charge in [-0.2, -0.15) is 0 Å². The number of rotatable bonds is 2. The van der Waals surface area contributed by atoms with Crippen LogP contribution in [-0.2, 0) is 0 Å². The Morgan fingerprint density at radius 2 is 1.50 bits per heavy atom. The summed E-state index contributed by atoms with van der Waals surface area (Å²) in [5, 5.41) is 0. The lowest BCUT2D eigenvalue weighted by atomic mass is 10.1. The van der Waals surface area contributed by atoms with Gasteiger partial charge >= 0.3 is 0 Å². The van der Waals surface area contributed by atoms with E-state index in [2.05, 4.69) is 11.7 Å². The molecule has 4 heteroatoms. The minimum absolute atomic E-state index is 0.746. The van der Waals surface area contributed by atoms with Crippen LogP contribution in [0.5, 0.6) is 0 Å². The third-order valence-electron chi connectivity index (χ3n) is 2.33. The summed E-state index contributed by atoms with van der Waals surface area (Å²) >= 11 is 4.23. The number of benzene rings is 2. The second kappa shape index (κ2) is 4.72. The predicted molar refractivity (Wildman–Crippen MR) is 75.5 cm³/mol. The van der Waals surface area contributed by atoms with Gasteiger partial charge < -0.3 is 11.5 Å². The number of nitrogens with two attached hydrogens (primary N) is 2. The molecule has 4 N–H and O–H groups in total. The lowest BCUT2D eigenvalue weighted by Gasteiger charge is -2.08. The summed E-state index contributed by atoms with van der Waals surface area (Å²) in [6.45, 7) is 0. The molecule has 0 amide bonds. The molecule has 0 atom stereocenters. The van der Waals surface area contributed by atoms with Crippen molar-refractivity contribution >= 4 is 33.8 Å². The molecule has 0 aromatic heterocycles. The van der Waals surface area contributed by atoms with Crippen molar-refractivity contribution in [1.82, 2.24) is 0 Å². The lowest BCUT2D eigenvalue weighted by Crippen LogP contribution is -1.88. The topological polar surface area (TPSA) is 52.0 Å². The van der Waals surface area contributed by atoms with Crippen LogP contribution in [0.2, 0.25) is 0 Å². The SMILES string of the molecule is Nc1ccc(-c2ccc(N)cc2SS)cc1. The van der Waals surface area contributed by atoms with E-state index in [1.807, 2.05) is 42.5 Å². The molecule has 2 aromatic carbocycles. The van der Waals surface area contributed by atoms with Crippen molar-refractivity contribution in [2.75, 3.05) is 11.5 Å². The maximum atomic E-state index is 5.74.